The van der Waals surface area contributed by atoms with E-state index in [9.17, 15) is 5.11 Å². The number of aliphatic hydroxyl groups is 1. The predicted molar refractivity (Wildman–Crippen MR) is 67.4 cm³/mol. The van der Waals surface area contributed by atoms with Crippen LogP contribution in [0.5, 0.6) is 0 Å². The van der Waals surface area contributed by atoms with Crippen molar-refractivity contribution in [1.82, 2.24) is 20.9 Å². The Hall–Kier alpha value is -1.50. The van der Waals surface area contributed by atoms with Crippen molar-refractivity contribution < 1.29 is 5.11 Å². The fourth-order valence-electron chi connectivity index (χ4n) is 3.61. The lowest BCUT2D eigenvalue weighted by molar-refractivity contribution is -0.0623. The SMILES string of the molecule is CCC1NC(=N)N2CC[C@@](C)(O)[C@@]23NC(=N)N[C@@H]13. The van der Waals surface area contributed by atoms with Crippen LogP contribution in [0.25, 0.3) is 0 Å². The Morgan fingerprint density at radius 1 is 1.44 bits per heavy atom. The molecule has 0 amide bonds. The van der Waals surface area contributed by atoms with Crippen LogP contribution in [0.4, 0.5) is 0 Å². The quantitative estimate of drug-likeness (QED) is 0.357. The molecular formula is C11H20N6O. The highest BCUT2D eigenvalue weighted by molar-refractivity contribution is 5.87. The van der Waals surface area contributed by atoms with Gasteiger partial charge < -0.3 is 26.0 Å². The van der Waals surface area contributed by atoms with Gasteiger partial charge in [-0.3, -0.25) is 10.8 Å². The van der Waals surface area contributed by atoms with Gasteiger partial charge in [-0.25, -0.2) is 0 Å². The summed E-state index contributed by atoms with van der Waals surface area (Å²) in [6, 6.07) is -0.0738. The van der Waals surface area contributed by atoms with Crippen molar-refractivity contribution in [2.24, 2.45) is 0 Å². The van der Waals surface area contributed by atoms with Crippen LogP contribution in [0.15, 0.2) is 0 Å². The number of hydrogen-bond donors (Lipinski definition) is 6. The zero-order valence-electron chi connectivity index (χ0n) is 10.7. The monoisotopic (exact) mass is 252 g/mol. The predicted octanol–water partition coefficient (Wildman–Crippen LogP) is -1.05. The van der Waals surface area contributed by atoms with E-state index in [1.807, 2.05) is 11.8 Å². The Balaban J connectivity index is 2.12. The van der Waals surface area contributed by atoms with Crippen LogP contribution in [-0.4, -0.2) is 51.8 Å². The van der Waals surface area contributed by atoms with Crippen LogP contribution in [0, 0.1) is 10.8 Å². The molecule has 3 rings (SSSR count). The number of nitrogens with zero attached hydrogens (tertiary/aromatic N) is 1. The maximum Gasteiger partial charge on any atom is 0.193 e. The minimum Gasteiger partial charge on any atom is -0.386 e. The van der Waals surface area contributed by atoms with Crippen molar-refractivity contribution in [2.75, 3.05) is 6.54 Å². The summed E-state index contributed by atoms with van der Waals surface area (Å²) in [5.41, 5.74) is -1.73. The van der Waals surface area contributed by atoms with Crippen LogP contribution in [0.1, 0.15) is 26.7 Å². The topological polar surface area (TPSA) is 107 Å². The van der Waals surface area contributed by atoms with Gasteiger partial charge in [-0.05, 0) is 19.8 Å². The zero-order chi connectivity index (χ0) is 13.1. The van der Waals surface area contributed by atoms with E-state index >= 15 is 0 Å². The van der Waals surface area contributed by atoms with E-state index in [1.165, 1.54) is 0 Å². The Morgan fingerprint density at radius 2 is 2.17 bits per heavy atom. The molecule has 0 bridgehead atoms. The average Bonchev–Trinajstić information content (AvgIpc) is 2.77. The molecule has 3 heterocycles. The smallest absolute Gasteiger partial charge is 0.193 e. The maximum atomic E-state index is 10.7. The molecule has 0 aromatic carbocycles. The summed E-state index contributed by atoms with van der Waals surface area (Å²) in [6.45, 7) is 4.45. The molecule has 3 aliphatic heterocycles. The van der Waals surface area contributed by atoms with Crippen LogP contribution in [0.2, 0.25) is 0 Å². The molecule has 1 spiro atoms. The van der Waals surface area contributed by atoms with Gasteiger partial charge in [0.05, 0.1) is 12.1 Å². The Bertz CT molecular complexity index is 422. The summed E-state index contributed by atoms with van der Waals surface area (Å²) < 4.78 is 0. The van der Waals surface area contributed by atoms with Crippen molar-refractivity contribution in [3.8, 4) is 0 Å². The molecule has 100 valence electrons. The van der Waals surface area contributed by atoms with Gasteiger partial charge in [-0.15, -0.1) is 0 Å². The Labute approximate surface area is 106 Å². The van der Waals surface area contributed by atoms with Crippen LogP contribution in [-0.2, 0) is 0 Å². The van der Waals surface area contributed by atoms with Gasteiger partial charge in [-0.2, -0.15) is 0 Å². The van der Waals surface area contributed by atoms with Crippen LogP contribution < -0.4 is 16.0 Å². The van der Waals surface area contributed by atoms with Gasteiger partial charge in [0.1, 0.15) is 5.60 Å². The standard InChI is InChI=1S/C11H20N6O/c1-3-6-7-11(16-8(12)15-7)10(2,18)4-5-17(11)9(13)14-6/h6-7,18H,3-5H2,1-2H3,(H2,13,14)(H3,12,15,16)/t6?,7-,10+,11-/m0/s1. The zero-order valence-corrected chi connectivity index (χ0v) is 10.7. The molecule has 0 radical (unpaired) electrons. The molecule has 7 heteroatoms. The molecule has 3 fully saturated rings. The van der Waals surface area contributed by atoms with Gasteiger partial charge in [0, 0.05) is 6.54 Å². The normalized spacial score (nSPS) is 46.1. The van der Waals surface area contributed by atoms with E-state index in [0.717, 1.165) is 6.42 Å². The average molecular weight is 252 g/mol. The Kier molecular flexibility index (Phi) is 2.11. The first-order valence-electron chi connectivity index (χ1n) is 6.41. The van der Waals surface area contributed by atoms with E-state index < -0.39 is 11.3 Å². The van der Waals surface area contributed by atoms with Gasteiger partial charge in [0.15, 0.2) is 17.6 Å². The summed E-state index contributed by atoms with van der Waals surface area (Å²) in [6.07, 6.45) is 1.42. The van der Waals surface area contributed by atoms with E-state index in [2.05, 4.69) is 16.0 Å². The second kappa shape index (κ2) is 3.28. The number of guanidine groups is 2. The van der Waals surface area contributed by atoms with Gasteiger partial charge in [0.2, 0.25) is 0 Å². The fraction of sp³-hybridized carbons (Fsp3) is 0.818. The molecule has 3 aliphatic rings. The summed E-state index contributed by atoms with van der Waals surface area (Å²) >= 11 is 0. The number of nitrogens with one attached hydrogen (secondary N) is 5. The highest BCUT2D eigenvalue weighted by Gasteiger charge is 2.68. The second-order valence-electron chi connectivity index (χ2n) is 5.57. The third-order valence-electron chi connectivity index (χ3n) is 4.57. The fourth-order valence-corrected chi connectivity index (χ4v) is 3.61. The molecule has 1 unspecified atom stereocenters. The van der Waals surface area contributed by atoms with Crippen molar-refractivity contribution in [2.45, 2.75) is 50.0 Å². The van der Waals surface area contributed by atoms with Crippen molar-refractivity contribution in [3.63, 3.8) is 0 Å². The minimum absolute atomic E-state index is 0.0358. The van der Waals surface area contributed by atoms with E-state index in [1.54, 1.807) is 6.92 Å². The summed E-state index contributed by atoms with van der Waals surface area (Å²) in [5.74, 6) is 0.557. The minimum atomic E-state index is -0.963. The molecule has 0 aromatic heterocycles. The first kappa shape index (κ1) is 11.6. The summed E-state index contributed by atoms with van der Waals surface area (Å²) in [5, 5.41) is 36.0. The number of hydrogen-bond acceptors (Lipinski definition) is 3. The largest absolute Gasteiger partial charge is 0.386 e. The lowest BCUT2D eigenvalue weighted by atomic mass is 9.79. The first-order chi connectivity index (χ1) is 8.42. The molecule has 0 aliphatic carbocycles. The maximum absolute atomic E-state index is 10.7. The van der Waals surface area contributed by atoms with E-state index in [4.69, 9.17) is 10.8 Å². The lowest BCUT2D eigenvalue weighted by Gasteiger charge is -2.52. The molecule has 0 aromatic rings. The van der Waals surface area contributed by atoms with Crippen molar-refractivity contribution in [1.29, 1.82) is 10.8 Å². The molecule has 7 nitrogen and oxygen atoms in total. The number of rotatable bonds is 1. The highest BCUT2D eigenvalue weighted by Crippen LogP contribution is 2.43. The Morgan fingerprint density at radius 3 is 2.83 bits per heavy atom. The molecule has 6 N–H and O–H groups in total. The third-order valence-corrected chi connectivity index (χ3v) is 4.57. The molecule has 3 saturated heterocycles. The van der Waals surface area contributed by atoms with E-state index in [-0.39, 0.29) is 18.0 Å². The van der Waals surface area contributed by atoms with Crippen LogP contribution in [0.3, 0.4) is 0 Å². The van der Waals surface area contributed by atoms with Crippen LogP contribution >= 0.6 is 0 Å². The second-order valence-corrected chi connectivity index (χ2v) is 5.57. The molecular weight excluding hydrogens is 232 g/mol. The summed E-state index contributed by atoms with van der Waals surface area (Å²) in [7, 11) is 0. The first-order valence-corrected chi connectivity index (χ1v) is 6.41. The lowest BCUT2D eigenvalue weighted by Crippen LogP contribution is -2.79. The van der Waals surface area contributed by atoms with Crippen molar-refractivity contribution >= 4 is 11.9 Å². The molecule has 18 heavy (non-hydrogen) atoms. The summed E-state index contributed by atoms with van der Waals surface area (Å²) in [4.78, 5) is 1.85. The van der Waals surface area contributed by atoms with Gasteiger partial charge in [0.25, 0.3) is 0 Å². The van der Waals surface area contributed by atoms with Gasteiger partial charge in [-0.1, -0.05) is 6.92 Å². The third kappa shape index (κ3) is 1.12. The molecule has 4 atom stereocenters. The highest BCUT2D eigenvalue weighted by atomic mass is 16.3. The van der Waals surface area contributed by atoms with E-state index in [0.29, 0.717) is 18.9 Å². The van der Waals surface area contributed by atoms with Gasteiger partial charge >= 0.3 is 0 Å². The molecule has 0 saturated carbocycles. The van der Waals surface area contributed by atoms with Crippen molar-refractivity contribution in [3.05, 3.63) is 0 Å².